The van der Waals surface area contributed by atoms with Gasteiger partial charge in [0.1, 0.15) is 11.5 Å². The molecular formula is C14H14FN3O2. The molecule has 0 saturated heterocycles. The lowest BCUT2D eigenvalue weighted by molar-refractivity contribution is 0.111. The monoisotopic (exact) mass is 275 g/mol. The highest BCUT2D eigenvalue weighted by Gasteiger charge is 2.14. The van der Waals surface area contributed by atoms with Crippen LogP contribution in [0.3, 0.4) is 0 Å². The molecule has 1 aromatic heterocycles. The molecule has 1 heterocycles. The first-order valence-electron chi connectivity index (χ1n) is 6.00. The predicted octanol–water partition coefficient (Wildman–Crippen LogP) is 2.09. The number of rotatable bonds is 3. The van der Waals surface area contributed by atoms with Gasteiger partial charge in [-0.2, -0.15) is 5.10 Å². The molecule has 0 bridgehead atoms. The summed E-state index contributed by atoms with van der Waals surface area (Å²) in [5.74, 6) is -0.457. The maximum Gasteiger partial charge on any atom is 0.271 e. The maximum absolute atomic E-state index is 13.8. The summed E-state index contributed by atoms with van der Waals surface area (Å²) in [6, 6.07) is 4.65. The van der Waals surface area contributed by atoms with Gasteiger partial charge in [0.2, 0.25) is 0 Å². The molecular weight excluding hydrogens is 261 g/mol. The number of hydrogen-bond donors (Lipinski definition) is 1. The van der Waals surface area contributed by atoms with Gasteiger partial charge in [-0.1, -0.05) is 6.07 Å². The second-order valence-corrected chi connectivity index (χ2v) is 4.54. The van der Waals surface area contributed by atoms with E-state index in [0.29, 0.717) is 11.8 Å². The number of hydrogen-bond acceptors (Lipinski definition) is 4. The van der Waals surface area contributed by atoms with Crippen LogP contribution in [0.2, 0.25) is 0 Å². The summed E-state index contributed by atoms with van der Waals surface area (Å²) in [4.78, 5) is 22.9. The van der Waals surface area contributed by atoms with Gasteiger partial charge in [0.15, 0.2) is 6.29 Å². The summed E-state index contributed by atoms with van der Waals surface area (Å²) >= 11 is 0. The molecule has 0 saturated carbocycles. The number of halogens is 1. The Bertz CT molecular complexity index is 738. The molecule has 5 nitrogen and oxygen atoms in total. The van der Waals surface area contributed by atoms with Crippen LogP contribution < -0.4 is 10.9 Å². The van der Waals surface area contributed by atoms with E-state index in [0.717, 1.165) is 10.2 Å². The number of aryl methyl sites for hydroxylation is 2. The first kappa shape index (κ1) is 13.9. The van der Waals surface area contributed by atoms with Gasteiger partial charge < -0.3 is 5.32 Å². The normalized spacial score (nSPS) is 10.4. The molecule has 0 aliphatic heterocycles. The standard InChI is InChI=1S/C14H14FN3O2/c1-8-4-5-11(10(15)6-8)16-13-9(2)14(20)18(3)17-12(13)7-19/h4-7,16H,1-3H3. The topological polar surface area (TPSA) is 64.0 Å². The molecule has 0 aliphatic rings. The number of carbonyl (C=O) groups is 1. The van der Waals surface area contributed by atoms with Crippen LogP contribution in [0.25, 0.3) is 0 Å². The molecule has 0 atom stereocenters. The Balaban J connectivity index is 2.56. The summed E-state index contributed by atoms with van der Waals surface area (Å²) < 4.78 is 14.9. The van der Waals surface area contributed by atoms with Gasteiger partial charge >= 0.3 is 0 Å². The smallest absolute Gasteiger partial charge is 0.271 e. The van der Waals surface area contributed by atoms with E-state index < -0.39 is 5.82 Å². The van der Waals surface area contributed by atoms with E-state index in [1.54, 1.807) is 26.0 Å². The minimum atomic E-state index is -0.457. The highest BCUT2D eigenvalue weighted by atomic mass is 19.1. The van der Waals surface area contributed by atoms with Crippen LogP contribution in [0.4, 0.5) is 15.8 Å². The van der Waals surface area contributed by atoms with Gasteiger partial charge in [-0.25, -0.2) is 9.07 Å². The second kappa shape index (κ2) is 5.24. The molecule has 0 radical (unpaired) electrons. The fourth-order valence-electron chi connectivity index (χ4n) is 1.90. The SMILES string of the molecule is Cc1ccc(Nc2c(C=O)nn(C)c(=O)c2C)c(F)c1. The summed E-state index contributed by atoms with van der Waals surface area (Å²) in [5, 5.41) is 6.62. The number of carbonyl (C=O) groups excluding carboxylic acids is 1. The van der Waals surface area contributed by atoms with Gasteiger partial charge in [-0.3, -0.25) is 9.59 Å². The quantitative estimate of drug-likeness (QED) is 0.871. The zero-order chi connectivity index (χ0) is 14.9. The summed E-state index contributed by atoms with van der Waals surface area (Å²) in [6.07, 6.45) is 0.529. The number of aldehydes is 1. The second-order valence-electron chi connectivity index (χ2n) is 4.54. The Kier molecular flexibility index (Phi) is 3.65. The van der Waals surface area contributed by atoms with Crippen molar-refractivity contribution in [3.8, 4) is 0 Å². The van der Waals surface area contributed by atoms with Crippen molar-refractivity contribution in [1.29, 1.82) is 0 Å². The minimum Gasteiger partial charge on any atom is -0.351 e. The minimum absolute atomic E-state index is 0.0598. The van der Waals surface area contributed by atoms with Crippen molar-refractivity contribution in [2.45, 2.75) is 13.8 Å². The lowest BCUT2D eigenvalue weighted by atomic mass is 10.2. The van der Waals surface area contributed by atoms with E-state index in [4.69, 9.17) is 0 Å². The van der Waals surface area contributed by atoms with Gasteiger partial charge in [0.25, 0.3) is 5.56 Å². The first-order chi connectivity index (χ1) is 9.43. The van der Waals surface area contributed by atoms with Crippen LogP contribution in [0.15, 0.2) is 23.0 Å². The van der Waals surface area contributed by atoms with Crippen LogP contribution in [-0.2, 0) is 7.05 Å². The molecule has 0 unspecified atom stereocenters. The van der Waals surface area contributed by atoms with E-state index in [1.807, 2.05) is 0 Å². The Hall–Kier alpha value is -2.50. The van der Waals surface area contributed by atoms with E-state index in [2.05, 4.69) is 10.4 Å². The van der Waals surface area contributed by atoms with E-state index >= 15 is 0 Å². The van der Waals surface area contributed by atoms with Crippen molar-refractivity contribution in [2.75, 3.05) is 5.32 Å². The molecule has 0 fully saturated rings. The number of nitrogens with zero attached hydrogens (tertiary/aromatic N) is 2. The van der Waals surface area contributed by atoms with Crippen molar-refractivity contribution in [3.63, 3.8) is 0 Å². The third kappa shape index (κ3) is 2.45. The lowest BCUT2D eigenvalue weighted by Gasteiger charge is -2.13. The zero-order valence-corrected chi connectivity index (χ0v) is 11.4. The third-order valence-electron chi connectivity index (χ3n) is 3.00. The lowest BCUT2D eigenvalue weighted by Crippen LogP contribution is -2.25. The summed E-state index contributed by atoms with van der Waals surface area (Å²) in [5.41, 5.74) is 1.23. The molecule has 6 heteroatoms. The fraction of sp³-hybridized carbons (Fsp3) is 0.214. The van der Waals surface area contributed by atoms with Crippen LogP contribution in [0, 0.1) is 19.7 Å². The molecule has 0 amide bonds. The molecule has 1 aromatic carbocycles. The van der Waals surface area contributed by atoms with E-state index in [-0.39, 0.29) is 22.6 Å². The van der Waals surface area contributed by atoms with Crippen LogP contribution in [0.5, 0.6) is 0 Å². The van der Waals surface area contributed by atoms with Crippen molar-refractivity contribution in [2.24, 2.45) is 7.05 Å². The van der Waals surface area contributed by atoms with E-state index in [9.17, 15) is 14.0 Å². The van der Waals surface area contributed by atoms with Crippen molar-refractivity contribution < 1.29 is 9.18 Å². The van der Waals surface area contributed by atoms with Crippen LogP contribution in [0.1, 0.15) is 21.6 Å². The molecule has 0 spiro atoms. The number of aromatic nitrogens is 2. The maximum atomic E-state index is 13.8. The van der Waals surface area contributed by atoms with Gasteiger partial charge in [0.05, 0.1) is 11.4 Å². The van der Waals surface area contributed by atoms with Gasteiger partial charge in [-0.15, -0.1) is 0 Å². The average Bonchev–Trinajstić information content (AvgIpc) is 2.41. The van der Waals surface area contributed by atoms with Gasteiger partial charge in [-0.05, 0) is 31.5 Å². The average molecular weight is 275 g/mol. The van der Waals surface area contributed by atoms with Crippen LogP contribution in [-0.4, -0.2) is 16.1 Å². The summed E-state index contributed by atoms with van der Waals surface area (Å²) in [7, 11) is 1.46. The molecule has 1 N–H and O–H groups in total. The number of benzene rings is 1. The first-order valence-corrected chi connectivity index (χ1v) is 6.00. The Labute approximate surface area is 115 Å². The van der Waals surface area contributed by atoms with Crippen LogP contribution >= 0.6 is 0 Å². The fourth-order valence-corrected chi connectivity index (χ4v) is 1.90. The zero-order valence-electron chi connectivity index (χ0n) is 11.4. The number of anilines is 2. The van der Waals surface area contributed by atoms with Crippen molar-refractivity contribution in [3.05, 3.63) is 51.2 Å². The summed E-state index contributed by atoms with van der Waals surface area (Å²) in [6.45, 7) is 3.33. The van der Waals surface area contributed by atoms with E-state index in [1.165, 1.54) is 13.1 Å². The highest BCUT2D eigenvalue weighted by Crippen LogP contribution is 2.23. The Morgan fingerprint density at radius 1 is 1.35 bits per heavy atom. The molecule has 2 rings (SSSR count). The van der Waals surface area contributed by atoms with Gasteiger partial charge in [0, 0.05) is 12.6 Å². The van der Waals surface area contributed by atoms with Crippen molar-refractivity contribution in [1.82, 2.24) is 9.78 Å². The third-order valence-corrected chi connectivity index (χ3v) is 3.00. The molecule has 0 aliphatic carbocycles. The highest BCUT2D eigenvalue weighted by molar-refractivity contribution is 5.84. The molecule has 20 heavy (non-hydrogen) atoms. The molecule has 104 valence electrons. The van der Waals surface area contributed by atoms with Crippen molar-refractivity contribution >= 4 is 17.7 Å². The predicted molar refractivity (Wildman–Crippen MR) is 74.0 cm³/mol. The number of nitrogens with one attached hydrogen (secondary N) is 1. The Morgan fingerprint density at radius 2 is 2.05 bits per heavy atom. The largest absolute Gasteiger partial charge is 0.351 e. The molecule has 2 aromatic rings. The Morgan fingerprint density at radius 3 is 2.65 bits per heavy atom.